The van der Waals surface area contributed by atoms with E-state index in [-0.39, 0.29) is 6.23 Å². The van der Waals surface area contributed by atoms with Crippen molar-refractivity contribution in [1.29, 1.82) is 0 Å². The molecule has 0 saturated carbocycles. The first kappa shape index (κ1) is 23.5. The lowest BCUT2D eigenvalue weighted by molar-refractivity contribution is 0.0227. The van der Waals surface area contributed by atoms with Crippen LogP contribution >= 0.6 is 0 Å². The van der Waals surface area contributed by atoms with Crippen molar-refractivity contribution in [2.24, 2.45) is 10.7 Å². The number of carbonyl (C=O) groups excluding carboxylic acids is 1. The highest BCUT2D eigenvalue weighted by Gasteiger charge is 2.13. The molecule has 6 nitrogen and oxygen atoms in total. The number of carbonyl (C=O) groups is 1. The number of hydrogen-bond donors (Lipinski definition) is 2. The van der Waals surface area contributed by atoms with Crippen LogP contribution in [0.4, 0.5) is 5.69 Å². The summed E-state index contributed by atoms with van der Waals surface area (Å²) in [6.45, 7) is 1.39. The molecule has 3 aromatic rings. The van der Waals surface area contributed by atoms with E-state index in [0.717, 1.165) is 71.1 Å². The van der Waals surface area contributed by atoms with Crippen LogP contribution in [0.1, 0.15) is 40.7 Å². The molecule has 0 aromatic heterocycles. The summed E-state index contributed by atoms with van der Waals surface area (Å²) in [5, 5.41) is 5.43. The van der Waals surface area contributed by atoms with Crippen molar-refractivity contribution in [3.05, 3.63) is 83.1 Å². The summed E-state index contributed by atoms with van der Waals surface area (Å²) in [4.78, 5) is 16.5. The Kier molecular flexibility index (Phi) is 7.94. The molecule has 6 heteroatoms. The molecule has 0 spiro atoms. The fourth-order valence-electron chi connectivity index (χ4n) is 4.22. The third kappa shape index (κ3) is 5.64. The van der Waals surface area contributed by atoms with Crippen molar-refractivity contribution in [1.82, 2.24) is 0 Å². The fraction of sp³-hybridized carbons (Fsp3) is 0.286. The largest absolute Gasteiger partial charge is 0.497 e. The van der Waals surface area contributed by atoms with Crippen molar-refractivity contribution >= 4 is 29.0 Å². The highest BCUT2D eigenvalue weighted by atomic mass is 16.5. The number of rotatable bonds is 9. The van der Waals surface area contributed by atoms with Crippen molar-refractivity contribution < 1.29 is 14.3 Å². The van der Waals surface area contributed by atoms with Crippen LogP contribution in [0.2, 0.25) is 0 Å². The Balaban J connectivity index is 1.58. The normalized spacial score (nSPS) is 16.6. The second kappa shape index (κ2) is 11.5. The number of anilines is 1. The molecule has 1 aliphatic rings. The zero-order valence-corrected chi connectivity index (χ0v) is 19.5. The second-order valence-corrected chi connectivity index (χ2v) is 8.38. The summed E-state index contributed by atoms with van der Waals surface area (Å²) in [7, 11) is 1.66. The number of benzene rings is 3. The summed E-state index contributed by atoms with van der Waals surface area (Å²) in [5.74, 6) is 0.823. The van der Waals surface area contributed by atoms with Gasteiger partial charge in [0.1, 0.15) is 12.0 Å². The minimum Gasteiger partial charge on any atom is -0.497 e. The number of nitrogens with one attached hydrogen (secondary N) is 1. The summed E-state index contributed by atoms with van der Waals surface area (Å²) >= 11 is 0. The van der Waals surface area contributed by atoms with Crippen LogP contribution in [0.3, 0.4) is 0 Å². The minimum absolute atomic E-state index is 0.0911. The Hall–Kier alpha value is -3.64. The van der Waals surface area contributed by atoms with Gasteiger partial charge in [0.15, 0.2) is 6.29 Å². The van der Waals surface area contributed by atoms with Gasteiger partial charge in [-0.3, -0.25) is 9.79 Å². The zero-order chi connectivity index (χ0) is 23.8. The molecule has 1 unspecified atom stereocenters. The van der Waals surface area contributed by atoms with Crippen LogP contribution < -0.4 is 15.8 Å². The highest BCUT2D eigenvalue weighted by Crippen LogP contribution is 2.31. The summed E-state index contributed by atoms with van der Waals surface area (Å²) < 4.78 is 10.9. The van der Waals surface area contributed by atoms with Crippen molar-refractivity contribution in [3.63, 3.8) is 0 Å². The molecule has 0 amide bonds. The highest BCUT2D eigenvalue weighted by molar-refractivity contribution is 6.06. The lowest BCUT2D eigenvalue weighted by atomic mass is 9.95. The third-order valence-corrected chi connectivity index (χ3v) is 6.10. The molecule has 0 radical (unpaired) electrons. The molecular weight excluding hydrogens is 426 g/mol. The van der Waals surface area contributed by atoms with E-state index in [0.29, 0.717) is 18.5 Å². The van der Waals surface area contributed by atoms with Crippen molar-refractivity contribution in [2.45, 2.75) is 38.5 Å². The van der Waals surface area contributed by atoms with Gasteiger partial charge in [-0.15, -0.1) is 0 Å². The van der Waals surface area contributed by atoms with Gasteiger partial charge in [0.2, 0.25) is 0 Å². The Morgan fingerprint density at radius 3 is 2.74 bits per heavy atom. The number of nitrogens with two attached hydrogens (primary N) is 1. The topological polar surface area (TPSA) is 85.9 Å². The van der Waals surface area contributed by atoms with Gasteiger partial charge in [-0.05, 0) is 65.7 Å². The summed E-state index contributed by atoms with van der Waals surface area (Å²) in [6.07, 6.45) is 8.01. The molecule has 1 fully saturated rings. The van der Waals surface area contributed by atoms with Crippen molar-refractivity contribution in [3.8, 4) is 5.75 Å². The maximum atomic E-state index is 11.9. The lowest BCUT2D eigenvalue weighted by Gasteiger charge is -2.18. The van der Waals surface area contributed by atoms with Gasteiger partial charge in [-0.25, -0.2) is 0 Å². The fourth-order valence-corrected chi connectivity index (χ4v) is 4.22. The quantitative estimate of drug-likeness (QED) is 0.338. The van der Waals surface area contributed by atoms with Crippen molar-refractivity contribution in [2.75, 3.05) is 19.0 Å². The molecule has 4 rings (SSSR count). The van der Waals surface area contributed by atoms with E-state index in [1.54, 1.807) is 13.3 Å². The number of nitrogens with zero attached hydrogens (tertiary/aromatic N) is 1. The molecule has 0 bridgehead atoms. The number of aldehydes is 1. The Morgan fingerprint density at radius 1 is 1.18 bits per heavy atom. The number of ether oxygens (including phenoxy) is 2. The van der Waals surface area contributed by atoms with E-state index in [9.17, 15) is 4.79 Å². The standard InChI is InChI=1S/C28H31N3O3/c1-33-24-11-8-20(9-12-24)17-30-26-13-10-22(25-6-4-5-23(19-32)28(25)26)15-21(16-29)18-31-27-7-2-3-14-34-27/h4-6,8-13,16,18-19,27,30H,2-3,7,14-15,17,29H2,1H3/b21-16-,31-18+. The predicted molar refractivity (Wildman–Crippen MR) is 138 cm³/mol. The van der Waals surface area contributed by atoms with Crippen LogP contribution in [0.5, 0.6) is 5.75 Å². The SMILES string of the molecule is COc1ccc(CNc2ccc(CC(=C/N)/C=N/C3CCCCO3)c3cccc(C=O)c23)cc1. The summed E-state index contributed by atoms with van der Waals surface area (Å²) in [6, 6.07) is 17.9. The van der Waals surface area contributed by atoms with Crippen LogP contribution in [0.15, 0.2) is 71.4 Å². The van der Waals surface area contributed by atoms with Crippen LogP contribution in [0, 0.1) is 0 Å². The zero-order valence-electron chi connectivity index (χ0n) is 19.5. The van der Waals surface area contributed by atoms with E-state index in [2.05, 4.69) is 16.4 Å². The van der Waals surface area contributed by atoms with Gasteiger partial charge in [0.05, 0.1) is 7.11 Å². The molecule has 1 heterocycles. The maximum Gasteiger partial charge on any atom is 0.150 e. The third-order valence-electron chi connectivity index (χ3n) is 6.10. The van der Waals surface area contributed by atoms with Gasteiger partial charge < -0.3 is 20.5 Å². The number of hydrogen-bond acceptors (Lipinski definition) is 6. The number of aliphatic imine (C=N–C) groups is 1. The Bertz CT molecular complexity index is 1180. The smallest absolute Gasteiger partial charge is 0.150 e. The first-order valence-electron chi connectivity index (χ1n) is 11.6. The number of fused-ring (bicyclic) bond motifs is 1. The first-order valence-corrected chi connectivity index (χ1v) is 11.6. The van der Waals surface area contributed by atoms with E-state index < -0.39 is 0 Å². The number of methoxy groups -OCH3 is 1. The van der Waals surface area contributed by atoms with Crippen LogP contribution in [0.25, 0.3) is 10.8 Å². The van der Waals surface area contributed by atoms with Crippen LogP contribution in [-0.4, -0.2) is 32.4 Å². The van der Waals surface area contributed by atoms with Gasteiger partial charge in [-0.1, -0.05) is 36.4 Å². The molecular formula is C28H31N3O3. The monoisotopic (exact) mass is 457 g/mol. The van der Waals surface area contributed by atoms with Gasteiger partial charge in [0, 0.05) is 42.4 Å². The molecule has 1 saturated heterocycles. The van der Waals surface area contributed by atoms with E-state index in [1.807, 2.05) is 54.7 Å². The molecule has 34 heavy (non-hydrogen) atoms. The minimum atomic E-state index is -0.0911. The molecule has 1 atom stereocenters. The van der Waals surface area contributed by atoms with E-state index >= 15 is 0 Å². The summed E-state index contributed by atoms with van der Waals surface area (Å²) in [5.41, 5.74) is 10.6. The average molecular weight is 458 g/mol. The molecule has 176 valence electrons. The average Bonchev–Trinajstić information content (AvgIpc) is 2.90. The Labute approximate surface area is 200 Å². The maximum absolute atomic E-state index is 11.9. The number of allylic oxidation sites excluding steroid dienone is 1. The lowest BCUT2D eigenvalue weighted by Crippen LogP contribution is -2.17. The second-order valence-electron chi connectivity index (χ2n) is 8.38. The predicted octanol–water partition coefficient (Wildman–Crippen LogP) is 5.26. The van der Waals surface area contributed by atoms with Crippen LogP contribution in [-0.2, 0) is 17.7 Å². The molecule has 3 N–H and O–H groups in total. The van der Waals surface area contributed by atoms with E-state index in [1.165, 1.54) is 0 Å². The molecule has 1 aliphatic heterocycles. The first-order chi connectivity index (χ1) is 16.7. The molecule has 0 aliphatic carbocycles. The van der Waals surface area contributed by atoms with Gasteiger partial charge in [-0.2, -0.15) is 0 Å². The van der Waals surface area contributed by atoms with Gasteiger partial charge >= 0.3 is 0 Å². The van der Waals surface area contributed by atoms with E-state index in [4.69, 9.17) is 15.2 Å². The molecule has 3 aromatic carbocycles. The van der Waals surface area contributed by atoms with Gasteiger partial charge in [0.25, 0.3) is 0 Å². The Morgan fingerprint density at radius 2 is 2.03 bits per heavy atom.